The highest BCUT2D eigenvalue weighted by molar-refractivity contribution is 6.00. The fraction of sp³-hybridized carbons (Fsp3) is 0.647. The first-order valence-corrected chi connectivity index (χ1v) is 16.9. The summed E-state index contributed by atoms with van der Waals surface area (Å²) in [6, 6.07) is 5.50. The number of anilines is 2. The van der Waals surface area contributed by atoms with Crippen molar-refractivity contribution in [2.24, 2.45) is 35.3 Å². The van der Waals surface area contributed by atoms with E-state index in [-0.39, 0.29) is 36.4 Å². The summed E-state index contributed by atoms with van der Waals surface area (Å²) in [6.45, 7) is 2.42. The van der Waals surface area contributed by atoms with E-state index in [2.05, 4.69) is 15.3 Å². The van der Waals surface area contributed by atoms with Gasteiger partial charge in [-0.2, -0.15) is 13.2 Å². The Hall–Kier alpha value is -3.45. The molecule has 2 aromatic rings. The predicted octanol–water partition coefficient (Wildman–Crippen LogP) is 4.90. The van der Waals surface area contributed by atoms with Crippen molar-refractivity contribution in [2.45, 2.75) is 75.9 Å². The number of nitrogens with one attached hydrogen (secondary N) is 1. The van der Waals surface area contributed by atoms with Crippen LogP contribution in [0.5, 0.6) is 5.75 Å². The number of nitrogens with two attached hydrogens (primary N) is 1. The molecule has 2 aliphatic heterocycles. The van der Waals surface area contributed by atoms with Gasteiger partial charge in [-0.1, -0.05) is 0 Å². The Morgan fingerprint density at radius 2 is 1.79 bits per heavy atom. The Morgan fingerprint density at radius 3 is 2.43 bits per heavy atom. The Morgan fingerprint density at radius 1 is 1.09 bits per heavy atom. The molecular weight excluding hydrogens is 615 g/mol. The van der Waals surface area contributed by atoms with Crippen LogP contribution in [0.25, 0.3) is 0 Å². The molecule has 8 rings (SSSR count). The maximum atomic E-state index is 14.8. The van der Waals surface area contributed by atoms with Crippen molar-refractivity contribution in [3.8, 4) is 5.75 Å². The van der Waals surface area contributed by atoms with E-state index in [1.807, 2.05) is 6.07 Å². The molecule has 0 atom stereocenters. The molecule has 0 spiro atoms. The van der Waals surface area contributed by atoms with Gasteiger partial charge in [0, 0.05) is 31.9 Å². The molecule has 4 N–H and O–H groups in total. The Kier molecular flexibility index (Phi) is 8.57. The summed E-state index contributed by atoms with van der Waals surface area (Å²) in [5.41, 5.74) is 3.51. The molecule has 47 heavy (non-hydrogen) atoms. The number of halogens is 3. The van der Waals surface area contributed by atoms with Crippen molar-refractivity contribution in [3.63, 3.8) is 0 Å². The molecule has 13 heteroatoms. The number of carbonyl (C=O) groups is 2. The van der Waals surface area contributed by atoms with Crippen LogP contribution in [0.1, 0.15) is 78.7 Å². The van der Waals surface area contributed by atoms with Crippen LogP contribution in [0.15, 0.2) is 18.2 Å². The summed E-state index contributed by atoms with van der Waals surface area (Å²) >= 11 is 0. The van der Waals surface area contributed by atoms with Crippen LogP contribution >= 0.6 is 0 Å². The molecule has 10 nitrogen and oxygen atoms in total. The molecular formula is C34H42F3N5O5. The third-order valence-electron chi connectivity index (χ3n) is 11.3. The molecule has 254 valence electrons. The average molecular weight is 658 g/mol. The summed E-state index contributed by atoms with van der Waals surface area (Å²) in [5, 5.41) is 13.2. The molecule has 1 aromatic carbocycles. The number of carboxylic acid groups (broad SMARTS) is 1. The first-order valence-electron chi connectivity index (χ1n) is 16.9. The summed E-state index contributed by atoms with van der Waals surface area (Å²) in [5.74, 6) is -1.07. The zero-order chi connectivity index (χ0) is 32.9. The Bertz CT molecular complexity index is 1500. The zero-order valence-electron chi connectivity index (χ0n) is 26.4. The van der Waals surface area contributed by atoms with Gasteiger partial charge in [-0.05, 0) is 118 Å². The van der Waals surface area contributed by atoms with E-state index < -0.39 is 34.8 Å². The van der Waals surface area contributed by atoms with Gasteiger partial charge in [0.1, 0.15) is 11.3 Å². The fourth-order valence-corrected chi connectivity index (χ4v) is 9.22. The van der Waals surface area contributed by atoms with E-state index in [0.717, 1.165) is 44.5 Å². The number of alkyl halides is 3. The number of benzene rings is 1. The summed E-state index contributed by atoms with van der Waals surface area (Å²) in [7, 11) is 0. The Labute approximate surface area is 271 Å². The first kappa shape index (κ1) is 32.1. The third-order valence-corrected chi connectivity index (χ3v) is 11.3. The Balaban J connectivity index is 1.16. The minimum absolute atomic E-state index is 0.0577. The smallest absolute Gasteiger partial charge is 0.434 e. The van der Waals surface area contributed by atoms with Crippen LogP contribution in [0, 0.1) is 29.6 Å². The van der Waals surface area contributed by atoms with Crippen molar-refractivity contribution in [2.75, 3.05) is 37.8 Å². The van der Waals surface area contributed by atoms with E-state index in [9.17, 15) is 27.9 Å². The number of nitrogens with zero attached hydrogens (tertiary/aromatic N) is 3. The predicted molar refractivity (Wildman–Crippen MR) is 165 cm³/mol. The molecule has 1 saturated heterocycles. The van der Waals surface area contributed by atoms with Crippen LogP contribution < -0.4 is 20.7 Å². The number of hydrogen-bond acceptors (Lipinski definition) is 8. The summed E-state index contributed by atoms with van der Waals surface area (Å²) in [6.07, 6.45) is 2.06. The van der Waals surface area contributed by atoms with Gasteiger partial charge in [-0.3, -0.25) is 4.79 Å². The number of aliphatic carboxylic acids is 1. The van der Waals surface area contributed by atoms with Gasteiger partial charge < -0.3 is 30.5 Å². The lowest BCUT2D eigenvalue weighted by atomic mass is 9.48. The third kappa shape index (κ3) is 5.94. The molecule has 4 aliphatic carbocycles. The molecule has 4 bridgehead atoms. The second kappa shape index (κ2) is 12.5. The molecule has 0 unspecified atom stereocenters. The largest absolute Gasteiger partial charge is 0.494 e. The van der Waals surface area contributed by atoms with Crippen LogP contribution in [0.2, 0.25) is 0 Å². The van der Waals surface area contributed by atoms with Crippen molar-refractivity contribution < 1.29 is 37.3 Å². The minimum atomic E-state index is -5.00. The number of rotatable bonds is 10. The second-order valence-corrected chi connectivity index (χ2v) is 14.0. The molecule has 5 fully saturated rings. The number of carbonyl (C=O) groups excluding carboxylic acids is 1. The fourth-order valence-electron chi connectivity index (χ4n) is 9.22. The molecule has 4 saturated carbocycles. The summed E-state index contributed by atoms with van der Waals surface area (Å²) < 4.78 is 55.7. The number of fused-ring (bicyclic) bond motifs is 1. The van der Waals surface area contributed by atoms with Gasteiger partial charge in [0.2, 0.25) is 5.95 Å². The minimum Gasteiger partial charge on any atom is -0.494 e. The highest BCUT2D eigenvalue weighted by atomic mass is 19.4. The van der Waals surface area contributed by atoms with Gasteiger partial charge in [0.25, 0.3) is 5.91 Å². The number of amides is 1. The maximum Gasteiger partial charge on any atom is 0.434 e. The molecule has 1 amide bonds. The lowest BCUT2D eigenvalue weighted by Crippen LogP contribution is -2.70. The standard InChI is InChI=1S/C34H42F3N5O5/c35-34(36,37)29-28(30(43)41-33(31(44)45)23-14-20-13-21(16-23)17-24(33)15-20)26(3-8-38)39-32(40-29)42-9-4-22-18-25(1-2-27(22)42)47-12-7-19-5-10-46-11-6-19/h1-2,18-21,23-24H,3-17,38H2,(H,41,43)(H,44,45). The molecule has 0 radical (unpaired) electrons. The van der Waals surface area contributed by atoms with E-state index in [1.54, 1.807) is 17.0 Å². The van der Waals surface area contributed by atoms with Crippen LogP contribution in [-0.2, 0) is 28.5 Å². The zero-order valence-corrected chi connectivity index (χ0v) is 26.4. The van der Waals surface area contributed by atoms with E-state index in [4.69, 9.17) is 15.2 Å². The van der Waals surface area contributed by atoms with Crippen molar-refractivity contribution in [3.05, 3.63) is 40.7 Å². The van der Waals surface area contributed by atoms with Gasteiger partial charge in [-0.15, -0.1) is 0 Å². The molecule has 1 aromatic heterocycles. The van der Waals surface area contributed by atoms with E-state index >= 15 is 0 Å². The lowest BCUT2D eigenvalue weighted by Gasteiger charge is -2.59. The van der Waals surface area contributed by atoms with Crippen LogP contribution in [-0.4, -0.2) is 65.4 Å². The number of hydrogen-bond donors (Lipinski definition) is 3. The van der Waals surface area contributed by atoms with Crippen LogP contribution in [0.3, 0.4) is 0 Å². The summed E-state index contributed by atoms with van der Waals surface area (Å²) in [4.78, 5) is 36.9. The van der Waals surface area contributed by atoms with Crippen molar-refractivity contribution >= 4 is 23.5 Å². The van der Waals surface area contributed by atoms with Gasteiger partial charge in [-0.25, -0.2) is 14.8 Å². The highest BCUT2D eigenvalue weighted by Gasteiger charge is 2.62. The topological polar surface area (TPSA) is 140 Å². The van der Waals surface area contributed by atoms with Gasteiger partial charge in [0.15, 0.2) is 5.69 Å². The SMILES string of the molecule is NCCc1nc(N2CCc3cc(OCCC4CCOCC4)ccc32)nc(C(F)(F)F)c1C(=O)NC1(C(=O)O)C2CC3CC(C2)CC1C3. The number of ether oxygens (including phenoxy) is 2. The second-order valence-electron chi connectivity index (χ2n) is 14.0. The number of carboxylic acids is 1. The van der Waals surface area contributed by atoms with E-state index in [1.165, 1.54) is 0 Å². The number of aromatic nitrogens is 2. The lowest BCUT2D eigenvalue weighted by molar-refractivity contribution is -0.163. The first-order chi connectivity index (χ1) is 22.6. The van der Waals surface area contributed by atoms with E-state index in [0.29, 0.717) is 74.4 Å². The monoisotopic (exact) mass is 657 g/mol. The average Bonchev–Trinajstić information content (AvgIpc) is 3.45. The van der Waals surface area contributed by atoms with Crippen LogP contribution in [0.4, 0.5) is 24.8 Å². The molecule has 6 aliphatic rings. The van der Waals surface area contributed by atoms with Crippen molar-refractivity contribution in [1.82, 2.24) is 15.3 Å². The molecule has 3 heterocycles. The highest BCUT2D eigenvalue weighted by Crippen LogP contribution is 2.58. The normalized spacial score (nSPS) is 28.4. The van der Waals surface area contributed by atoms with Gasteiger partial charge >= 0.3 is 12.1 Å². The quantitative estimate of drug-likeness (QED) is 0.326. The maximum absolute atomic E-state index is 14.8. The van der Waals surface area contributed by atoms with Gasteiger partial charge in [0.05, 0.1) is 17.9 Å². The van der Waals surface area contributed by atoms with Crippen molar-refractivity contribution in [1.29, 1.82) is 0 Å².